The Balaban J connectivity index is 1.70. The topological polar surface area (TPSA) is 20.3 Å². The van der Waals surface area contributed by atoms with Crippen molar-refractivity contribution in [2.45, 2.75) is 6.82 Å². The Kier molecular flexibility index (Phi) is 3.64. The zero-order valence-corrected chi connectivity index (χ0v) is 15.5. The van der Waals surface area contributed by atoms with Gasteiger partial charge in [-0.3, -0.25) is 4.81 Å². The number of hydrogen-bond acceptors (Lipinski definition) is 2. The quantitative estimate of drug-likeness (QED) is 0.363. The molecule has 0 spiro atoms. The molecular formula is C23H20BN2O+. The van der Waals surface area contributed by atoms with Crippen LogP contribution in [-0.2, 0) is 7.05 Å². The van der Waals surface area contributed by atoms with E-state index in [1.807, 2.05) is 18.2 Å². The molecule has 0 atom stereocenters. The third-order valence-corrected chi connectivity index (χ3v) is 5.26. The number of nitrogens with zero attached hydrogens (tertiary/aromatic N) is 2. The molecule has 3 nitrogen and oxygen atoms in total. The average Bonchev–Trinajstić information content (AvgIpc) is 3.08. The summed E-state index contributed by atoms with van der Waals surface area (Å²) < 4.78 is 8.44. The van der Waals surface area contributed by atoms with Gasteiger partial charge in [0.1, 0.15) is 5.58 Å². The summed E-state index contributed by atoms with van der Waals surface area (Å²) in [5.74, 6) is 4.25. The van der Waals surface area contributed by atoms with E-state index in [1.54, 1.807) is 0 Å². The second-order valence-corrected chi connectivity index (χ2v) is 7.04. The second kappa shape index (κ2) is 6.17. The molecule has 0 amide bonds. The summed E-state index contributed by atoms with van der Waals surface area (Å²) in [6.07, 6.45) is 4.30. The number of rotatable bonds is 2. The summed E-state index contributed by atoms with van der Waals surface area (Å²) in [6, 6.07) is 23.1. The van der Waals surface area contributed by atoms with E-state index < -0.39 is 0 Å². The largest absolute Gasteiger partial charge is 0.423 e. The third-order valence-electron chi connectivity index (χ3n) is 5.26. The summed E-state index contributed by atoms with van der Waals surface area (Å²) in [4.78, 5) is 2.28. The number of aromatic nitrogens is 1. The summed E-state index contributed by atoms with van der Waals surface area (Å²) in [6.45, 7) is 2.40. The van der Waals surface area contributed by atoms with E-state index in [-0.39, 0.29) is 6.85 Å². The van der Waals surface area contributed by atoms with E-state index in [0.717, 1.165) is 28.2 Å². The van der Waals surface area contributed by atoms with Crippen molar-refractivity contribution in [3.63, 3.8) is 0 Å². The van der Waals surface area contributed by atoms with Crippen molar-refractivity contribution >= 4 is 35.6 Å². The number of anilines is 2. The third kappa shape index (κ3) is 2.56. The zero-order valence-electron chi connectivity index (χ0n) is 15.5. The molecule has 27 heavy (non-hydrogen) atoms. The molecule has 2 aromatic carbocycles. The van der Waals surface area contributed by atoms with E-state index >= 15 is 0 Å². The molecule has 1 aliphatic rings. The van der Waals surface area contributed by atoms with Crippen molar-refractivity contribution in [2.75, 3.05) is 4.81 Å². The fourth-order valence-corrected chi connectivity index (χ4v) is 3.82. The molecule has 130 valence electrons. The highest BCUT2D eigenvalue weighted by molar-refractivity contribution is 6.69. The summed E-state index contributed by atoms with van der Waals surface area (Å²) in [7, 11) is 2.08. The first-order chi connectivity index (χ1) is 13.2. The van der Waals surface area contributed by atoms with Gasteiger partial charge in [0, 0.05) is 11.5 Å². The molecule has 4 heteroatoms. The molecule has 5 rings (SSSR count). The van der Waals surface area contributed by atoms with Crippen molar-refractivity contribution in [1.82, 2.24) is 0 Å². The Morgan fingerprint density at radius 3 is 2.56 bits per heavy atom. The Morgan fingerprint density at radius 1 is 0.926 bits per heavy atom. The molecule has 0 unspecified atom stereocenters. The molecule has 0 fully saturated rings. The van der Waals surface area contributed by atoms with Gasteiger partial charge < -0.3 is 4.42 Å². The van der Waals surface area contributed by atoms with Crippen molar-refractivity contribution in [3.05, 3.63) is 84.5 Å². The highest BCUT2D eigenvalue weighted by Gasteiger charge is 2.37. The van der Waals surface area contributed by atoms with Crippen LogP contribution in [0.15, 0.2) is 83.3 Å². The lowest BCUT2D eigenvalue weighted by atomic mass is 9.61. The molecule has 0 saturated carbocycles. The Bertz CT molecular complexity index is 1160. The first kappa shape index (κ1) is 15.9. The molecule has 0 N–H and O–H groups in total. The van der Waals surface area contributed by atoms with Gasteiger partial charge in [-0.1, -0.05) is 60.6 Å². The number of benzene rings is 2. The standard InChI is InChI=1S/C23H20BN2O/c1-24-14-12-20-19-10-6-7-11-21(19)27-23(20)26(24)22-16-18(13-15-25(22)2)17-8-4-3-5-9-17/h3-16H,1-2H3/q+1. The van der Waals surface area contributed by atoms with Crippen molar-refractivity contribution < 1.29 is 8.98 Å². The minimum atomic E-state index is 0.204. The minimum absolute atomic E-state index is 0.204. The fourth-order valence-electron chi connectivity index (χ4n) is 3.82. The first-order valence-electron chi connectivity index (χ1n) is 9.26. The van der Waals surface area contributed by atoms with Gasteiger partial charge in [-0.15, -0.1) is 0 Å². The molecule has 0 saturated heterocycles. The van der Waals surface area contributed by atoms with E-state index in [9.17, 15) is 0 Å². The van der Waals surface area contributed by atoms with Gasteiger partial charge in [0.05, 0.1) is 18.8 Å². The summed E-state index contributed by atoms with van der Waals surface area (Å²) in [5, 5.41) is 1.16. The van der Waals surface area contributed by atoms with Crippen molar-refractivity contribution in [1.29, 1.82) is 0 Å². The normalized spacial score (nSPS) is 13.3. The maximum Gasteiger partial charge on any atom is 0.405 e. The lowest BCUT2D eigenvalue weighted by molar-refractivity contribution is -0.658. The van der Waals surface area contributed by atoms with Crippen LogP contribution < -0.4 is 9.38 Å². The van der Waals surface area contributed by atoms with Gasteiger partial charge in [-0.25, -0.2) is 4.57 Å². The molecule has 1 aliphatic heterocycles. The van der Waals surface area contributed by atoms with Crippen LogP contribution in [0.3, 0.4) is 0 Å². The van der Waals surface area contributed by atoms with E-state index in [0.29, 0.717) is 0 Å². The SMILES string of the molecule is CB1C=Cc2c(oc3ccccc23)N1c1cc(-c2ccccc2)cc[n+]1C. The van der Waals surface area contributed by atoms with Crippen LogP contribution in [0.25, 0.3) is 28.2 Å². The maximum absolute atomic E-state index is 6.29. The number of aryl methyl sites for hydroxylation is 1. The summed E-state index contributed by atoms with van der Waals surface area (Å²) >= 11 is 0. The van der Waals surface area contributed by atoms with Crippen molar-refractivity contribution in [2.24, 2.45) is 7.05 Å². The molecular weight excluding hydrogens is 331 g/mol. The van der Waals surface area contributed by atoms with E-state index in [2.05, 4.69) is 90.0 Å². The molecule has 2 aromatic heterocycles. The van der Waals surface area contributed by atoms with Gasteiger partial charge in [-0.2, -0.15) is 0 Å². The van der Waals surface area contributed by atoms with Crippen LogP contribution in [0.4, 0.5) is 11.7 Å². The smallest absolute Gasteiger partial charge is 0.405 e. The number of fused-ring (bicyclic) bond motifs is 3. The Labute approximate surface area is 159 Å². The summed E-state index contributed by atoms with van der Waals surface area (Å²) in [5.41, 5.74) is 4.48. The Morgan fingerprint density at radius 2 is 1.70 bits per heavy atom. The number of furan rings is 1. The van der Waals surface area contributed by atoms with Crippen LogP contribution in [-0.4, -0.2) is 6.85 Å². The number of pyridine rings is 1. The van der Waals surface area contributed by atoms with E-state index in [1.165, 1.54) is 11.1 Å². The fraction of sp³-hybridized carbons (Fsp3) is 0.0870. The molecule has 0 bridgehead atoms. The van der Waals surface area contributed by atoms with E-state index in [4.69, 9.17) is 4.42 Å². The van der Waals surface area contributed by atoms with Gasteiger partial charge in [0.25, 0.3) is 11.7 Å². The number of para-hydroxylation sites is 1. The highest BCUT2D eigenvalue weighted by atomic mass is 16.4. The minimum Gasteiger partial charge on any atom is -0.423 e. The van der Waals surface area contributed by atoms with Gasteiger partial charge in [-0.05, 0) is 30.1 Å². The van der Waals surface area contributed by atoms with Crippen molar-refractivity contribution in [3.8, 4) is 11.1 Å². The van der Waals surface area contributed by atoms with Gasteiger partial charge in [0.2, 0.25) is 0 Å². The predicted octanol–water partition coefficient (Wildman–Crippen LogP) is 5.25. The van der Waals surface area contributed by atoms with Crippen LogP contribution in [0.1, 0.15) is 5.56 Å². The lowest BCUT2D eigenvalue weighted by Gasteiger charge is -2.22. The van der Waals surface area contributed by atoms with Gasteiger partial charge in [0.15, 0.2) is 0 Å². The zero-order chi connectivity index (χ0) is 18.4. The number of hydrogen-bond donors (Lipinski definition) is 0. The average molecular weight is 351 g/mol. The molecule has 4 aromatic rings. The molecule has 3 heterocycles. The maximum atomic E-state index is 6.29. The highest BCUT2D eigenvalue weighted by Crippen LogP contribution is 2.40. The van der Waals surface area contributed by atoms with Gasteiger partial charge >= 0.3 is 6.85 Å². The van der Waals surface area contributed by atoms with Crippen LogP contribution in [0.2, 0.25) is 6.82 Å². The monoisotopic (exact) mass is 351 g/mol. The second-order valence-electron chi connectivity index (χ2n) is 7.04. The molecule has 0 aliphatic carbocycles. The predicted molar refractivity (Wildman–Crippen MR) is 112 cm³/mol. The first-order valence-corrected chi connectivity index (χ1v) is 9.26. The molecule has 0 radical (unpaired) electrons. The lowest BCUT2D eigenvalue weighted by Crippen LogP contribution is -2.43. The van der Waals surface area contributed by atoms with Crippen LogP contribution >= 0.6 is 0 Å². The van der Waals surface area contributed by atoms with Crippen LogP contribution in [0, 0.1) is 0 Å². The van der Waals surface area contributed by atoms with Crippen LogP contribution in [0.5, 0.6) is 0 Å². The Hall–Kier alpha value is -3.27.